The van der Waals surface area contributed by atoms with Crippen molar-refractivity contribution in [3.8, 4) is 0 Å². The van der Waals surface area contributed by atoms with Crippen LogP contribution in [0.3, 0.4) is 0 Å². The van der Waals surface area contributed by atoms with Gasteiger partial charge in [0.05, 0.1) is 0 Å². The number of hydrogen-bond acceptors (Lipinski definition) is 5. The molecule has 3 aromatic rings. The van der Waals surface area contributed by atoms with Crippen LogP contribution >= 0.6 is 0 Å². The summed E-state index contributed by atoms with van der Waals surface area (Å²) in [7, 11) is 0. The van der Waals surface area contributed by atoms with Crippen LogP contribution < -0.4 is 15.1 Å². The Balaban J connectivity index is 1.44. The minimum absolute atomic E-state index is 0.204. The molecular formula is C23H26FN5. The van der Waals surface area contributed by atoms with Crippen molar-refractivity contribution in [1.82, 2.24) is 9.97 Å². The van der Waals surface area contributed by atoms with Gasteiger partial charge in [0.15, 0.2) is 0 Å². The molecule has 0 radical (unpaired) electrons. The van der Waals surface area contributed by atoms with Gasteiger partial charge in [-0.3, -0.25) is 0 Å². The van der Waals surface area contributed by atoms with E-state index in [-0.39, 0.29) is 5.82 Å². The number of anilines is 4. The van der Waals surface area contributed by atoms with E-state index in [1.165, 1.54) is 17.7 Å². The van der Waals surface area contributed by atoms with Crippen LogP contribution in [0.4, 0.5) is 27.5 Å². The van der Waals surface area contributed by atoms with Crippen molar-refractivity contribution in [3.63, 3.8) is 0 Å². The van der Waals surface area contributed by atoms with Crippen LogP contribution in [0.15, 0.2) is 54.6 Å². The Morgan fingerprint density at radius 2 is 1.55 bits per heavy atom. The molecule has 2 aromatic carbocycles. The van der Waals surface area contributed by atoms with E-state index in [0.29, 0.717) is 0 Å². The van der Waals surface area contributed by atoms with E-state index in [4.69, 9.17) is 4.98 Å². The van der Waals surface area contributed by atoms with Crippen molar-refractivity contribution < 1.29 is 4.39 Å². The predicted molar refractivity (Wildman–Crippen MR) is 117 cm³/mol. The highest BCUT2D eigenvalue weighted by atomic mass is 19.1. The fourth-order valence-electron chi connectivity index (χ4n) is 3.55. The Labute approximate surface area is 171 Å². The van der Waals surface area contributed by atoms with E-state index in [2.05, 4.69) is 51.3 Å². The molecule has 6 heteroatoms. The highest BCUT2D eigenvalue weighted by molar-refractivity contribution is 5.58. The van der Waals surface area contributed by atoms with Crippen LogP contribution in [0.25, 0.3) is 0 Å². The lowest BCUT2D eigenvalue weighted by atomic mass is 10.1. The highest BCUT2D eigenvalue weighted by Crippen LogP contribution is 2.22. The Hall–Kier alpha value is -3.15. The van der Waals surface area contributed by atoms with E-state index in [0.717, 1.165) is 61.4 Å². The van der Waals surface area contributed by atoms with Crippen LogP contribution in [-0.4, -0.2) is 36.1 Å². The number of hydrogen-bond donors (Lipinski definition) is 1. The lowest BCUT2D eigenvalue weighted by Gasteiger charge is -2.36. The fraction of sp³-hybridized carbons (Fsp3) is 0.304. The number of piperazine rings is 1. The molecule has 0 spiro atoms. The first-order chi connectivity index (χ1) is 14.1. The first-order valence-electron chi connectivity index (χ1n) is 10.1. The van der Waals surface area contributed by atoms with Gasteiger partial charge in [0.2, 0.25) is 5.95 Å². The molecule has 0 amide bonds. The summed E-state index contributed by atoms with van der Waals surface area (Å²) >= 11 is 0. The summed E-state index contributed by atoms with van der Waals surface area (Å²) in [6, 6.07) is 17.1. The second kappa shape index (κ2) is 8.47. The SMILES string of the molecule is CCc1ccc(Nc2cc(C)nc(N3CCN(c4ccc(F)cc4)CC3)n2)cc1. The maximum atomic E-state index is 13.2. The maximum absolute atomic E-state index is 13.2. The topological polar surface area (TPSA) is 44.3 Å². The molecule has 0 saturated carbocycles. The highest BCUT2D eigenvalue weighted by Gasteiger charge is 2.20. The van der Waals surface area contributed by atoms with E-state index in [1.54, 1.807) is 0 Å². The monoisotopic (exact) mass is 391 g/mol. The van der Waals surface area contributed by atoms with Gasteiger partial charge >= 0.3 is 0 Å². The van der Waals surface area contributed by atoms with Gasteiger partial charge < -0.3 is 15.1 Å². The van der Waals surface area contributed by atoms with Crippen molar-refractivity contribution in [2.24, 2.45) is 0 Å². The van der Waals surface area contributed by atoms with E-state index >= 15 is 0 Å². The molecule has 1 N–H and O–H groups in total. The molecule has 0 bridgehead atoms. The van der Waals surface area contributed by atoms with Gasteiger partial charge in [-0.25, -0.2) is 9.37 Å². The van der Waals surface area contributed by atoms with E-state index in [1.807, 2.05) is 25.1 Å². The minimum atomic E-state index is -0.204. The molecule has 1 fully saturated rings. The Bertz CT molecular complexity index is 948. The first-order valence-corrected chi connectivity index (χ1v) is 10.1. The first kappa shape index (κ1) is 19.2. The number of nitrogens with one attached hydrogen (secondary N) is 1. The molecule has 1 aliphatic rings. The molecule has 1 aliphatic heterocycles. The lowest BCUT2D eigenvalue weighted by Crippen LogP contribution is -2.47. The van der Waals surface area contributed by atoms with Gasteiger partial charge in [-0.2, -0.15) is 4.98 Å². The molecule has 150 valence electrons. The van der Waals surface area contributed by atoms with Crippen molar-refractivity contribution in [1.29, 1.82) is 0 Å². The van der Waals surface area contributed by atoms with Crippen LogP contribution in [0.5, 0.6) is 0 Å². The van der Waals surface area contributed by atoms with Gasteiger partial charge in [0.25, 0.3) is 0 Å². The summed E-state index contributed by atoms with van der Waals surface area (Å²) in [6.45, 7) is 7.49. The summed E-state index contributed by atoms with van der Waals surface area (Å²) in [6.07, 6.45) is 1.03. The molecular weight excluding hydrogens is 365 g/mol. The average Bonchev–Trinajstić information content (AvgIpc) is 2.75. The predicted octanol–water partition coefficient (Wildman–Crippen LogP) is 4.56. The van der Waals surface area contributed by atoms with E-state index in [9.17, 15) is 4.39 Å². The zero-order chi connectivity index (χ0) is 20.2. The smallest absolute Gasteiger partial charge is 0.227 e. The minimum Gasteiger partial charge on any atom is -0.368 e. The van der Waals surface area contributed by atoms with Gasteiger partial charge in [-0.1, -0.05) is 19.1 Å². The van der Waals surface area contributed by atoms with Crippen LogP contribution in [0.2, 0.25) is 0 Å². The number of aryl methyl sites for hydroxylation is 2. The molecule has 5 nitrogen and oxygen atoms in total. The van der Waals surface area contributed by atoms with Crippen molar-refractivity contribution >= 4 is 23.1 Å². The van der Waals surface area contributed by atoms with Crippen LogP contribution in [0.1, 0.15) is 18.2 Å². The van der Waals surface area contributed by atoms with Crippen molar-refractivity contribution in [2.45, 2.75) is 20.3 Å². The molecule has 1 saturated heterocycles. The van der Waals surface area contributed by atoms with Crippen molar-refractivity contribution in [3.05, 3.63) is 71.7 Å². The molecule has 2 heterocycles. The van der Waals surface area contributed by atoms with E-state index < -0.39 is 0 Å². The standard InChI is InChI=1S/C23H26FN5/c1-3-18-4-8-20(9-5-18)26-22-16-17(2)25-23(27-22)29-14-12-28(13-15-29)21-10-6-19(24)7-11-21/h4-11,16H,3,12-15H2,1-2H3,(H,25,26,27). The molecule has 4 rings (SSSR count). The summed E-state index contributed by atoms with van der Waals surface area (Å²) in [4.78, 5) is 13.9. The zero-order valence-electron chi connectivity index (χ0n) is 16.9. The normalized spacial score (nSPS) is 14.2. The maximum Gasteiger partial charge on any atom is 0.227 e. The van der Waals surface area contributed by atoms with Crippen molar-refractivity contribution in [2.75, 3.05) is 41.3 Å². The lowest BCUT2D eigenvalue weighted by molar-refractivity contribution is 0.623. The Morgan fingerprint density at radius 3 is 2.21 bits per heavy atom. The summed E-state index contributed by atoms with van der Waals surface area (Å²) in [5.41, 5.74) is 4.32. The van der Waals surface area contributed by atoms with Gasteiger partial charge in [-0.05, 0) is 55.3 Å². The Kier molecular flexibility index (Phi) is 5.60. The molecule has 0 aliphatic carbocycles. The quantitative estimate of drug-likeness (QED) is 0.691. The van der Waals surface area contributed by atoms with Crippen LogP contribution in [0, 0.1) is 12.7 Å². The fourth-order valence-corrected chi connectivity index (χ4v) is 3.55. The second-order valence-corrected chi connectivity index (χ2v) is 7.32. The van der Waals surface area contributed by atoms with Gasteiger partial charge in [0.1, 0.15) is 11.6 Å². The number of nitrogens with zero attached hydrogens (tertiary/aromatic N) is 4. The third-order valence-corrected chi connectivity index (χ3v) is 5.23. The molecule has 1 aromatic heterocycles. The van der Waals surface area contributed by atoms with Gasteiger partial charge in [0, 0.05) is 49.3 Å². The second-order valence-electron chi connectivity index (χ2n) is 7.32. The Morgan fingerprint density at radius 1 is 0.897 bits per heavy atom. The summed E-state index contributed by atoms with van der Waals surface area (Å²) in [5.74, 6) is 1.35. The molecule has 0 unspecified atom stereocenters. The van der Waals surface area contributed by atoms with Gasteiger partial charge in [-0.15, -0.1) is 0 Å². The average molecular weight is 391 g/mol. The molecule has 29 heavy (non-hydrogen) atoms. The molecule has 0 atom stereocenters. The third-order valence-electron chi connectivity index (χ3n) is 5.23. The number of halogens is 1. The number of rotatable bonds is 5. The number of benzene rings is 2. The zero-order valence-corrected chi connectivity index (χ0v) is 16.9. The largest absolute Gasteiger partial charge is 0.368 e. The number of aromatic nitrogens is 2. The summed E-state index contributed by atoms with van der Waals surface area (Å²) < 4.78 is 13.2. The third kappa shape index (κ3) is 4.65. The summed E-state index contributed by atoms with van der Waals surface area (Å²) in [5, 5.41) is 3.39. The van der Waals surface area contributed by atoms with Crippen LogP contribution in [-0.2, 0) is 6.42 Å².